The normalized spacial score (nSPS) is 16.9. The van der Waals surface area contributed by atoms with Gasteiger partial charge >= 0.3 is 0 Å². The summed E-state index contributed by atoms with van der Waals surface area (Å²) in [5, 5.41) is 10.7. The number of rotatable bonds is 6. The molecule has 0 bridgehead atoms. The number of likely N-dealkylation sites (N-methyl/N-ethyl adjacent to an activating group) is 1. The van der Waals surface area contributed by atoms with E-state index < -0.39 is 0 Å². The minimum absolute atomic E-state index is 0.139. The number of hydrogen-bond donors (Lipinski definition) is 0. The Morgan fingerprint density at radius 2 is 2.00 bits per heavy atom. The number of nitrogens with zero attached hydrogens (tertiary/aromatic N) is 3. The lowest BCUT2D eigenvalue weighted by Gasteiger charge is -2.32. The van der Waals surface area contributed by atoms with Gasteiger partial charge in [-0.1, -0.05) is 0 Å². The number of nitro groups is 1. The van der Waals surface area contributed by atoms with Crippen LogP contribution < -0.4 is 4.74 Å². The highest BCUT2D eigenvalue weighted by Crippen LogP contribution is 2.23. The summed E-state index contributed by atoms with van der Waals surface area (Å²) in [6.45, 7) is 7.91. The number of piperazine rings is 1. The van der Waals surface area contributed by atoms with Crippen LogP contribution in [0.3, 0.4) is 0 Å². The summed E-state index contributed by atoms with van der Waals surface area (Å²) >= 11 is 0. The van der Waals surface area contributed by atoms with E-state index in [2.05, 4.69) is 16.8 Å². The van der Waals surface area contributed by atoms with E-state index in [-0.39, 0.29) is 10.6 Å². The first-order valence-corrected chi connectivity index (χ1v) is 7.35. The molecule has 0 aliphatic carbocycles. The first-order valence-electron chi connectivity index (χ1n) is 7.35. The first kappa shape index (κ1) is 15.7. The maximum atomic E-state index is 10.7. The molecule has 21 heavy (non-hydrogen) atoms. The Bertz CT molecular complexity index is 485. The lowest BCUT2D eigenvalue weighted by Crippen LogP contribution is -2.44. The van der Waals surface area contributed by atoms with Gasteiger partial charge in [0.2, 0.25) is 0 Å². The fraction of sp³-hybridized carbons (Fsp3) is 0.600. The van der Waals surface area contributed by atoms with Crippen molar-refractivity contribution in [2.45, 2.75) is 13.3 Å². The molecular formula is C15H23N3O3. The molecule has 0 aromatic heterocycles. The van der Waals surface area contributed by atoms with Crippen molar-refractivity contribution in [1.29, 1.82) is 0 Å². The van der Waals surface area contributed by atoms with Gasteiger partial charge in [0, 0.05) is 44.4 Å². The third kappa shape index (κ3) is 4.68. The fourth-order valence-corrected chi connectivity index (χ4v) is 2.47. The van der Waals surface area contributed by atoms with Crippen molar-refractivity contribution in [3.63, 3.8) is 0 Å². The van der Waals surface area contributed by atoms with Gasteiger partial charge < -0.3 is 14.5 Å². The van der Waals surface area contributed by atoms with Gasteiger partial charge in [-0.05, 0) is 32.5 Å². The van der Waals surface area contributed by atoms with Gasteiger partial charge in [-0.15, -0.1) is 0 Å². The standard InChI is InChI=1S/C15H23N3O3/c1-13-12-14(4-5-15(13)18(19)20)21-11-3-6-17-9-7-16(2)8-10-17/h4-5,12H,3,6-11H2,1-2H3. The molecule has 1 aromatic carbocycles. The third-order valence-electron chi connectivity index (χ3n) is 3.85. The molecule has 0 spiro atoms. The van der Waals surface area contributed by atoms with Crippen molar-refractivity contribution >= 4 is 5.69 Å². The van der Waals surface area contributed by atoms with Crippen molar-refractivity contribution in [2.24, 2.45) is 0 Å². The summed E-state index contributed by atoms with van der Waals surface area (Å²) < 4.78 is 5.67. The SMILES string of the molecule is Cc1cc(OCCCN2CCN(C)CC2)ccc1[N+](=O)[O-]. The quantitative estimate of drug-likeness (QED) is 0.455. The Kier molecular flexibility index (Phi) is 5.52. The van der Waals surface area contributed by atoms with E-state index in [0.29, 0.717) is 17.9 Å². The Labute approximate surface area is 125 Å². The number of ether oxygens (including phenoxy) is 1. The summed E-state index contributed by atoms with van der Waals surface area (Å²) in [6.07, 6.45) is 0.972. The molecule has 0 amide bonds. The molecule has 0 unspecified atom stereocenters. The van der Waals surface area contributed by atoms with Crippen LogP contribution in [0.2, 0.25) is 0 Å². The van der Waals surface area contributed by atoms with Gasteiger partial charge in [0.05, 0.1) is 11.5 Å². The molecule has 0 saturated carbocycles. The molecular weight excluding hydrogens is 270 g/mol. The molecule has 1 aliphatic heterocycles. The molecule has 1 aromatic rings. The van der Waals surface area contributed by atoms with E-state index in [1.165, 1.54) is 6.07 Å². The van der Waals surface area contributed by atoms with Crippen LogP contribution in [-0.2, 0) is 0 Å². The van der Waals surface area contributed by atoms with Crippen LogP contribution in [0.4, 0.5) is 5.69 Å². The molecule has 6 heteroatoms. The Hall–Kier alpha value is -1.66. The van der Waals surface area contributed by atoms with Crippen molar-refractivity contribution in [2.75, 3.05) is 46.4 Å². The van der Waals surface area contributed by atoms with Gasteiger partial charge in [-0.2, -0.15) is 0 Å². The zero-order chi connectivity index (χ0) is 15.2. The van der Waals surface area contributed by atoms with E-state index >= 15 is 0 Å². The second kappa shape index (κ2) is 7.38. The van der Waals surface area contributed by atoms with Crippen LogP contribution in [0.1, 0.15) is 12.0 Å². The molecule has 1 fully saturated rings. The molecule has 6 nitrogen and oxygen atoms in total. The fourth-order valence-electron chi connectivity index (χ4n) is 2.47. The average Bonchev–Trinajstić information content (AvgIpc) is 2.45. The van der Waals surface area contributed by atoms with Gasteiger partial charge in [-0.25, -0.2) is 0 Å². The highest BCUT2D eigenvalue weighted by atomic mass is 16.6. The second-order valence-corrected chi connectivity index (χ2v) is 5.55. The summed E-state index contributed by atoms with van der Waals surface area (Å²) in [5.41, 5.74) is 0.774. The van der Waals surface area contributed by atoms with E-state index in [9.17, 15) is 10.1 Å². The highest BCUT2D eigenvalue weighted by Gasteiger charge is 2.13. The smallest absolute Gasteiger partial charge is 0.272 e. The topological polar surface area (TPSA) is 58.8 Å². The predicted octanol–water partition coefficient (Wildman–Crippen LogP) is 1.92. The zero-order valence-corrected chi connectivity index (χ0v) is 12.7. The molecule has 0 N–H and O–H groups in total. The summed E-state index contributed by atoms with van der Waals surface area (Å²) in [5.74, 6) is 0.705. The zero-order valence-electron chi connectivity index (χ0n) is 12.7. The number of benzene rings is 1. The summed E-state index contributed by atoms with van der Waals surface area (Å²) in [7, 11) is 2.15. The average molecular weight is 293 g/mol. The third-order valence-corrected chi connectivity index (χ3v) is 3.85. The van der Waals surface area contributed by atoms with Crippen LogP contribution in [0.25, 0.3) is 0 Å². The van der Waals surface area contributed by atoms with Gasteiger partial charge in [0.25, 0.3) is 5.69 Å². The Morgan fingerprint density at radius 1 is 1.29 bits per heavy atom. The van der Waals surface area contributed by atoms with Gasteiger partial charge in [-0.3, -0.25) is 10.1 Å². The van der Waals surface area contributed by atoms with Crippen LogP contribution >= 0.6 is 0 Å². The van der Waals surface area contributed by atoms with Crippen LogP contribution in [0, 0.1) is 17.0 Å². The summed E-state index contributed by atoms with van der Waals surface area (Å²) in [4.78, 5) is 15.2. The molecule has 0 atom stereocenters. The minimum Gasteiger partial charge on any atom is -0.494 e. The first-order chi connectivity index (χ1) is 10.1. The monoisotopic (exact) mass is 293 g/mol. The molecule has 0 radical (unpaired) electrons. The maximum absolute atomic E-state index is 10.7. The second-order valence-electron chi connectivity index (χ2n) is 5.55. The molecule has 1 aliphatic rings. The van der Waals surface area contributed by atoms with Gasteiger partial charge in [0.1, 0.15) is 5.75 Å². The van der Waals surface area contributed by atoms with Crippen molar-refractivity contribution in [3.8, 4) is 5.75 Å². The molecule has 2 rings (SSSR count). The van der Waals surface area contributed by atoms with Crippen LogP contribution in [-0.4, -0.2) is 61.1 Å². The highest BCUT2D eigenvalue weighted by molar-refractivity contribution is 5.44. The van der Waals surface area contributed by atoms with E-state index in [1.807, 2.05) is 0 Å². The number of nitro benzene ring substituents is 1. The lowest BCUT2D eigenvalue weighted by atomic mass is 10.2. The predicted molar refractivity (Wildman–Crippen MR) is 81.9 cm³/mol. The lowest BCUT2D eigenvalue weighted by molar-refractivity contribution is -0.385. The van der Waals surface area contributed by atoms with Crippen molar-refractivity contribution in [3.05, 3.63) is 33.9 Å². The number of hydrogen-bond acceptors (Lipinski definition) is 5. The molecule has 1 saturated heterocycles. The Morgan fingerprint density at radius 3 is 2.62 bits per heavy atom. The van der Waals surface area contributed by atoms with Crippen LogP contribution in [0.15, 0.2) is 18.2 Å². The van der Waals surface area contributed by atoms with Gasteiger partial charge in [0.15, 0.2) is 0 Å². The molecule has 116 valence electrons. The van der Waals surface area contributed by atoms with Crippen LogP contribution in [0.5, 0.6) is 5.75 Å². The molecule has 1 heterocycles. The largest absolute Gasteiger partial charge is 0.494 e. The van der Waals surface area contributed by atoms with Crippen molar-refractivity contribution in [1.82, 2.24) is 9.80 Å². The number of aryl methyl sites for hydroxylation is 1. The van der Waals surface area contributed by atoms with Crippen molar-refractivity contribution < 1.29 is 9.66 Å². The Balaban J connectivity index is 1.71. The maximum Gasteiger partial charge on any atom is 0.272 e. The van der Waals surface area contributed by atoms with E-state index in [0.717, 1.165) is 39.1 Å². The van der Waals surface area contributed by atoms with E-state index in [4.69, 9.17) is 4.74 Å². The minimum atomic E-state index is -0.369. The van der Waals surface area contributed by atoms with E-state index in [1.54, 1.807) is 19.1 Å². The summed E-state index contributed by atoms with van der Waals surface area (Å²) in [6, 6.07) is 4.90.